The van der Waals surface area contributed by atoms with Crippen LogP contribution in [0.2, 0.25) is 0 Å². The molecule has 0 spiro atoms. The largest absolute Gasteiger partial charge is 0.367 e. The Labute approximate surface area is 130 Å². The Balaban J connectivity index is 1.79. The Morgan fingerprint density at radius 1 is 1.55 bits per heavy atom. The van der Waals surface area contributed by atoms with Crippen LogP contribution in [-0.2, 0) is 4.79 Å². The lowest BCUT2D eigenvalue weighted by molar-refractivity contribution is -0.130. The molecule has 1 amide bonds. The fourth-order valence-electron chi connectivity index (χ4n) is 2.38. The summed E-state index contributed by atoms with van der Waals surface area (Å²) in [4.78, 5) is 22.0. The molecule has 1 aliphatic rings. The van der Waals surface area contributed by atoms with E-state index in [1.807, 2.05) is 13.8 Å². The Hall–Kier alpha value is -2.20. The quantitative estimate of drug-likeness (QED) is 0.806. The van der Waals surface area contributed by atoms with Crippen LogP contribution in [0.15, 0.2) is 18.6 Å². The lowest BCUT2D eigenvalue weighted by atomic mass is 10.1. The van der Waals surface area contributed by atoms with Crippen molar-refractivity contribution in [2.75, 3.05) is 25.0 Å². The number of anilines is 1. The third kappa shape index (κ3) is 4.40. The SMILES string of the molecule is CC(C)(CNc1cnccn1)NCC(=O)N1CCC[C@H]1C#N. The number of nitrogens with one attached hydrogen (secondary N) is 2. The molecular weight excluding hydrogens is 280 g/mol. The van der Waals surface area contributed by atoms with E-state index in [-0.39, 0.29) is 24.0 Å². The van der Waals surface area contributed by atoms with Gasteiger partial charge in [-0.25, -0.2) is 4.98 Å². The molecule has 2 rings (SSSR count). The molecule has 0 saturated carbocycles. The Bertz CT molecular complexity index is 539. The van der Waals surface area contributed by atoms with E-state index in [1.54, 1.807) is 23.5 Å². The molecule has 1 atom stereocenters. The molecule has 1 saturated heterocycles. The molecule has 7 nitrogen and oxygen atoms in total. The summed E-state index contributed by atoms with van der Waals surface area (Å²) in [6.45, 7) is 5.54. The van der Waals surface area contributed by atoms with Crippen LogP contribution in [0, 0.1) is 11.3 Å². The second kappa shape index (κ2) is 7.18. The highest BCUT2D eigenvalue weighted by Gasteiger charge is 2.29. The minimum atomic E-state index is -0.283. The van der Waals surface area contributed by atoms with Gasteiger partial charge in [-0.3, -0.25) is 9.78 Å². The summed E-state index contributed by atoms with van der Waals surface area (Å²) >= 11 is 0. The van der Waals surface area contributed by atoms with Crippen molar-refractivity contribution in [3.05, 3.63) is 18.6 Å². The molecule has 1 fully saturated rings. The number of hydrogen-bond acceptors (Lipinski definition) is 6. The minimum absolute atomic E-state index is 0.0170. The van der Waals surface area contributed by atoms with Crippen molar-refractivity contribution in [1.29, 1.82) is 5.26 Å². The molecule has 0 unspecified atom stereocenters. The average molecular weight is 302 g/mol. The summed E-state index contributed by atoms with van der Waals surface area (Å²) in [5, 5.41) is 15.5. The standard InChI is InChI=1S/C15H22N6O/c1-15(2,11-19-13-9-17-5-6-18-13)20-10-14(22)21-7-3-4-12(21)8-16/h5-6,9,12,20H,3-4,7,10-11H2,1-2H3,(H,18,19)/t12-/m0/s1. The lowest BCUT2D eigenvalue weighted by Gasteiger charge is -2.28. The van der Waals surface area contributed by atoms with Gasteiger partial charge in [-0.15, -0.1) is 0 Å². The van der Waals surface area contributed by atoms with Crippen LogP contribution in [0.1, 0.15) is 26.7 Å². The fraction of sp³-hybridized carbons (Fsp3) is 0.600. The van der Waals surface area contributed by atoms with Crippen molar-refractivity contribution in [3.63, 3.8) is 0 Å². The highest BCUT2D eigenvalue weighted by atomic mass is 16.2. The maximum absolute atomic E-state index is 12.2. The smallest absolute Gasteiger partial charge is 0.237 e. The molecule has 0 aromatic carbocycles. The second-order valence-electron chi connectivity index (χ2n) is 6.06. The molecule has 1 aliphatic heterocycles. The number of nitrogens with zero attached hydrogens (tertiary/aromatic N) is 4. The Morgan fingerprint density at radius 3 is 3.05 bits per heavy atom. The van der Waals surface area contributed by atoms with Crippen LogP contribution in [0.5, 0.6) is 0 Å². The number of hydrogen-bond donors (Lipinski definition) is 2. The molecule has 1 aromatic rings. The van der Waals surface area contributed by atoms with E-state index in [2.05, 4.69) is 26.7 Å². The van der Waals surface area contributed by atoms with Crippen LogP contribution < -0.4 is 10.6 Å². The predicted molar refractivity (Wildman–Crippen MR) is 83.0 cm³/mol. The molecule has 118 valence electrons. The van der Waals surface area contributed by atoms with Crippen molar-refractivity contribution in [2.45, 2.75) is 38.3 Å². The van der Waals surface area contributed by atoms with Crippen molar-refractivity contribution in [1.82, 2.24) is 20.2 Å². The van der Waals surface area contributed by atoms with Crippen LogP contribution in [0.3, 0.4) is 0 Å². The third-order valence-electron chi connectivity index (χ3n) is 3.71. The average Bonchev–Trinajstić information content (AvgIpc) is 3.00. The van der Waals surface area contributed by atoms with E-state index >= 15 is 0 Å². The summed E-state index contributed by atoms with van der Waals surface area (Å²) in [6.07, 6.45) is 6.58. The number of likely N-dealkylation sites (tertiary alicyclic amines) is 1. The first-order valence-corrected chi connectivity index (χ1v) is 7.46. The Kier molecular flexibility index (Phi) is 5.28. The molecular formula is C15H22N6O. The maximum atomic E-state index is 12.2. The van der Waals surface area contributed by atoms with E-state index in [4.69, 9.17) is 5.26 Å². The van der Waals surface area contributed by atoms with E-state index in [0.717, 1.165) is 12.8 Å². The molecule has 7 heteroatoms. The normalized spacial score (nSPS) is 18.0. The first-order valence-electron chi connectivity index (χ1n) is 7.46. The molecule has 2 heterocycles. The zero-order valence-electron chi connectivity index (χ0n) is 13.0. The van der Waals surface area contributed by atoms with Gasteiger partial charge in [0.1, 0.15) is 11.9 Å². The van der Waals surface area contributed by atoms with Gasteiger partial charge in [0.05, 0.1) is 18.8 Å². The molecule has 0 bridgehead atoms. The van der Waals surface area contributed by atoms with Gasteiger partial charge in [-0.2, -0.15) is 5.26 Å². The van der Waals surface area contributed by atoms with Gasteiger partial charge in [0.15, 0.2) is 0 Å². The van der Waals surface area contributed by atoms with Crippen molar-refractivity contribution in [2.24, 2.45) is 0 Å². The van der Waals surface area contributed by atoms with Gasteiger partial charge in [0.2, 0.25) is 5.91 Å². The highest BCUT2D eigenvalue weighted by molar-refractivity contribution is 5.79. The predicted octanol–water partition coefficient (Wildman–Crippen LogP) is 0.771. The van der Waals surface area contributed by atoms with Gasteiger partial charge in [-0.05, 0) is 26.7 Å². The zero-order chi connectivity index (χ0) is 16.0. The van der Waals surface area contributed by atoms with Gasteiger partial charge in [0.25, 0.3) is 0 Å². The molecule has 0 aliphatic carbocycles. The first kappa shape index (κ1) is 16.2. The monoisotopic (exact) mass is 302 g/mol. The van der Waals surface area contributed by atoms with E-state index < -0.39 is 0 Å². The van der Waals surface area contributed by atoms with Crippen molar-refractivity contribution < 1.29 is 4.79 Å². The van der Waals surface area contributed by atoms with Crippen LogP contribution in [0.25, 0.3) is 0 Å². The maximum Gasteiger partial charge on any atom is 0.237 e. The van der Waals surface area contributed by atoms with Crippen molar-refractivity contribution in [3.8, 4) is 6.07 Å². The van der Waals surface area contributed by atoms with Crippen LogP contribution in [0.4, 0.5) is 5.82 Å². The van der Waals surface area contributed by atoms with E-state index in [0.29, 0.717) is 18.9 Å². The number of carbonyl (C=O) groups excluding carboxylic acids is 1. The lowest BCUT2D eigenvalue weighted by Crippen LogP contribution is -2.50. The number of aromatic nitrogens is 2. The highest BCUT2D eigenvalue weighted by Crippen LogP contribution is 2.16. The molecule has 2 N–H and O–H groups in total. The summed E-state index contributed by atoms with van der Waals surface area (Å²) < 4.78 is 0. The number of rotatable bonds is 6. The Morgan fingerprint density at radius 2 is 2.36 bits per heavy atom. The molecule has 22 heavy (non-hydrogen) atoms. The summed E-state index contributed by atoms with van der Waals surface area (Å²) in [5.41, 5.74) is -0.283. The number of carbonyl (C=O) groups is 1. The first-order chi connectivity index (χ1) is 10.5. The number of nitriles is 1. The van der Waals surface area contributed by atoms with Gasteiger partial charge in [0, 0.05) is 31.0 Å². The van der Waals surface area contributed by atoms with Gasteiger partial charge < -0.3 is 15.5 Å². The molecule has 0 radical (unpaired) electrons. The van der Waals surface area contributed by atoms with E-state index in [1.165, 1.54) is 0 Å². The van der Waals surface area contributed by atoms with E-state index in [9.17, 15) is 4.79 Å². The van der Waals surface area contributed by atoms with Crippen LogP contribution >= 0.6 is 0 Å². The zero-order valence-corrected chi connectivity index (χ0v) is 13.0. The second-order valence-corrected chi connectivity index (χ2v) is 6.06. The molecule has 1 aromatic heterocycles. The van der Waals surface area contributed by atoms with Gasteiger partial charge in [-0.1, -0.05) is 0 Å². The van der Waals surface area contributed by atoms with Crippen molar-refractivity contribution >= 4 is 11.7 Å². The summed E-state index contributed by atoms with van der Waals surface area (Å²) in [6, 6.07) is 1.92. The topological polar surface area (TPSA) is 93.9 Å². The minimum Gasteiger partial charge on any atom is -0.367 e. The summed E-state index contributed by atoms with van der Waals surface area (Å²) in [7, 11) is 0. The van der Waals surface area contributed by atoms with Crippen LogP contribution in [-0.4, -0.2) is 52.0 Å². The fourth-order valence-corrected chi connectivity index (χ4v) is 2.38. The summed E-state index contributed by atoms with van der Waals surface area (Å²) in [5.74, 6) is 0.685. The number of amides is 1. The van der Waals surface area contributed by atoms with Gasteiger partial charge >= 0.3 is 0 Å². The third-order valence-corrected chi connectivity index (χ3v) is 3.71.